The molecular weight excluding hydrogens is 304 g/mol. The topological polar surface area (TPSA) is 79.1 Å². The molecule has 0 aliphatic carbocycles. The lowest BCUT2D eigenvalue weighted by atomic mass is 10.2. The Morgan fingerprint density at radius 2 is 2.23 bits per heavy atom. The van der Waals surface area contributed by atoms with Crippen LogP contribution in [0.25, 0.3) is 5.69 Å². The number of benzene rings is 1. The third-order valence-electron chi connectivity index (χ3n) is 2.90. The fourth-order valence-electron chi connectivity index (χ4n) is 1.83. The number of hydrogen-bond donors (Lipinski definition) is 0. The molecule has 0 aliphatic rings. The maximum Gasteiger partial charge on any atom is 0.319 e. The number of tetrazole rings is 1. The van der Waals surface area contributed by atoms with Crippen LogP contribution in [0.1, 0.15) is 19.4 Å². The van der Waals surface area contributed by atoms with Gasteiger partial charge in [-0.25, -0.2) is 0 Å². The summed E-state index contributed by atoms with van der Waals surface area (Å²) >= 11 is 1.24. The number of nitrogens with zero attached hydrogens (tertiary/aromatic N) is 4. The second-order valence-corrected chi connectivity index (χ2v) is 5.87. The summed E-state index contributed by atoms with van der Waals surface area (Å²) in [6.45, 7) is 5.85. The van der Waals surface area contributed by atoms with Crippen LogP contribution in [0.4, 0.5) is 0 Å². The number of aromatic nitrogens is 4. The molecule has 8 heteroatoms. The van der Waals surface area contributed by atoms with E-state index >= 15 is 0 Å². The van der Waals surface area contributed by atoms with Crippen molar-refractivity contribution in [1.82, 2.24) is 20.2 Å². The number of esters is 1. The molecule has 118 valence electrons. The predicted molar refractivity (Wildman–Crippen MR) is 82.4 cm³/mol. The highest BCUT2D eigenvalue weighted by molar-refractivity contribution is 8.00. The molecule has 2 aromatic rings. The van der Waals surface area contributed by atoms with Gasteiger partial charge in [0.1, 0.15) is 16.7 Å². The fraction of sp³-hybridized carbons (Fsp3) is 0.429. The summed E-state index contributed by atoms with van der Waals surface area (Å²) in [5, 5.41) is 11.8. The zero-order valence-corrected chi connectivity index (χ0v) is 13.8. The molecule has 0 unspecified atom stereocenters. The normalized spacial score (nSPS) is 12.0. The Bertz CT molecular complexity index is 659. The van der Waals surface area contributed by atoms with E-state index in [1.165, 1.54) is 11.8 Å². The van der Waals surface area contributed by atoms with E-state index in [0.717, 1.165) is 11.3 Å². The molecule has 0 spiro atoms. The molecule has 2 rings (SSSR count). The van der Waals surface area contributed by atoms with Crippen molar-refractivity contribution in [3.63, 3.8) is 0 Å². The van der Waals surface area contributed by atoms with Gasteiger partial charge < -0.3 is 9.47 Å². The van der Waals surface area contributed by atoms with Gasteiger partial charge in [-0.15, -0.1) is 5.10 Å². The van der Waals surface area contributed by atoms with Crippen LogP contribution in [0.5, 0.6) is 5.75 Å². The van der Waals surface area contributed by atoms with Crippen LogP contribution in [0.3, 0.4) is 0 Å². The number of hydrogen-bond acceptors (Lipinski definition) is 7. The van der Waals surface area contributed by atoms with Crippen LogP contribution in [-0.2, 0) is 9.53 Å². The van der Waals surface area contributed by atoms with Crippen molar-refractivity contribution in [3.05, 3.63) is 23.8 Å². The number of ether oxygens (including phenoxy) is 2. The van der Waals surface area contributed by atoms with Gasteiger partial charge in [-0.3, -0.25) is 4.79 Å². The van der Waals surface area contributed by atoms with Crippen LogP contribution in [0, 0.1) is 6.92 Å². The zero-order valence-electron chi connectivity index (χ0n) is 12.9. The van der Waals surface area contributed by atoms with Gasteiger partial charge in [0, 0.05) is 0 Å². The monoisotopic (exact) mass is 322 g/mol. The number of rotatable bonds is 6. The standard InChI is InChI=1S/C14H18N4O3S/c1-5-21-13(19)10(3)22-14-15-16-17-18(14)11-8-9(2)6-7-12(11)20-4/h6-8,10H,5H2,1-4H3/t10-/m1/s1. The van der Waals surface area contributed by atoms with Crippen LogP contribution in [0.15, 0.2) is 23.4 Å². The smallest absolute Gasteiger partial charge is 0.319 e. The molecular formula is C14H18N4O3S. The molecule has 0 bridgehead atoms. The summed E-state index contributed by atoms with van der Waals surface area (Å²) < 4.78 is 11.9. The Morgan fingerprint density at radius 1 is 1.45 bits per heavy atom. The molecule has 1 atom stereocenters. The van der Waals surface area contributed by atoms with Crippen LogP contribution in [0.2, 0.25) is 0 Å². The van der Waals surface area contributed by atoms with E-state index in [1.807, 2.05) is 25.1 Å². The van der Waals surface area contributed by atoms with Gasteiger partial charge in [0.2, 0.25) is 5.16 Å². The molecule has 1 aromatic carbocycles. The van der Waals surface area contributed by atoms with Gasteiger partial charge in [-0.05, 0) is 48.9 Å². The average molecular weight is 322 g/mol. The maximum absolute atomic E-state index is 11.7. The van der Waals surface area contributed by atoms with Gasteiger partial charge >= 0.3 is 5.97 Å². The van der Waals surface area contributed by atoms with Gasteiger partial charge in [0.15, 0.2) is 0 Å². The number of thioether (sulfide) groups is 1. The summed E-state index contributed by atoms with van der Waals surface area (Å²) in [4.78, 5) is 11.7. The Morgan fingerprint density at radius 3 is 2.91 bits per heavy atom. The second kappa shape index (κ2) is 7.26. The summed E-state index contributed by atoms with van der Waals surface area (Å²) in [5.74, 6) is 0.363. The Labute approximate surface area is 133 Å². The third kappa shape index (κ3) is 3.56. The molecule has 0 N–H and O–H groups in total. The SMILES string of the molecule is CCOC(=O)[C@@H](C)Sc1nnnn1-c1cc(C)ccc1OC. The van der Waals surface area contributed by atoms with Crippen LogP contribution in [-0.4, -0.2) is 45.1 Å². The average Bonchev–Trinajstić information content (AvgIpc) is 2.95. The van der Waals surface area contributed by atoms with Crippen LogP contribution < -0.4 is 4.74 Å². The zero-order chi connectivity index (χ0) is 16.1. The van der Waals surface area contributed by atoms with E-state index in [4.69, 9.17) is 9.47 Å². The molecule has 0 aliphatic heterocycles. The predicted octanol–water partition coefficient (Wildman–Crippen LogP) is 2.02. The number of methoxy groups -OCH3 is 1. The number of carbonyl (C=O) groups is 1. The molecule has 1 heterocycles. The van der Waals surface area contributed by atoms with E-state index in [9.17, 15) is 4.79 Å². The lowest BCUT2D eigenvalue weighted by Gasteiger charge is -2.12. The molecule has 0 fully saturated rings. The van der Waals surface area contributed by atoms with Gasteiger partial charge in [0.25, 0.3) is 0 Å². The highest BCUT2D eigenvalue weighted by atomic mass is 32.2. The van der Waals surface area contributed by atoms with Gasteiger partial charge in [-0.1, -0.05) is 17.8 Å². The minimum absolute atomic E-state index is 0.293. The first-order valence-electron chi connectivity index (χ1n) is 6.83. The highest BCUT2D eigenvalue weighted by Crippen LogP contribution is 2.28. The van der Waals surface area contributed by atoms with Crippen molar-refractivity contribution in [2.75, 3.05) is 13.7 Å². The van der Waals surface area contributed by atoms with E-state index in [0.29, 0.717) is 17.5 Å². The Hall–Kier alpha value is -2.09. The molecule has 0 amide bonds. The quantitative estimate of drug-likeness (QED) is 0.594. The minimum atomic E-state index is -0.402. The van der Waals surface area contributed by atoms with Crippen molar-refractivity contribution in [1.29, 1.82) is 0 Å². The van der Waals surface area contributed by atoms with Crippen molar-refractivity contribution in [3.8, 4) is 11.4 Å². The van der Waals surface area contributed by atoms with Gasteiger partial charge in [0.05, 0.1) is 13.7 Å². The third-order valence-corrected chi connectivity index (χ3v) is 3.92. The fourth-order valence-corrected chi connectivity index (χ4v) is 2.63. The molecule has 1 aromatic heterocycles. The molecule has 0 radical (unpaired) electrons. The molecule has 22 heavy (non-hydrogen) atoms. The lowest BCUT2D eigenvalue weighted by Crippen LogP contribution is -2.17. The van der Waals surface area contributed by atoms with E-state index in [1.54, 1.807) is 25.6 Å². The van der Waals surface area contributed by atoms with Crippen molar-refractivity contribution < 1.29 is 14.3 Å². The number of carbonyl (C=O) groups excluding carboxylic acids is 1. The summed E-state index contributed by atoms with van der Waals surface area (Å²) in [6.07, 6.45) is 0. The van der Waals surface area contributed by atoms with Crippen molar-refractivity contribution in [2.24, 2.45) is 0 Å². The molecule has 0 saturated carbocycles. The Kier molecular flexibility index (Phi) is 5.37. The van der Waals surface area contributed by atoms with Crippen molar-refractivity contribution >= 4 is 17.7 Å². The minimum Gasteiger partial charge on any atom is -0.494 e. The largest absolute Gasteiger partial charge is 0.494 e. The second-order valence-electron chi connectivity index (χ2n) is 4.56. The summed E-state index contributed by atoms with van der Waals surface area (Å²) in [5.41, 5.74) is 1.78. The summed E-state index contributed by atoms with van der Waals surface area (Å²) in [7, 11) is 1.59. The maximum atomic E-state index is 11.7. The van der Waals surface area contributed by atoms with E-state index < -0.39 is 5.25 Å². The van der Waals surface area contributed by atoms with Crippen molar-refractivity contribution in [2.45, 2.75) is 31.2 Å². The van der Waals surface area contributed by atoms with E-state index in [2.05, 4.69) is 15.5 Å². The molecule has 7 nitrogen and oxygen atoms in total. The first kappa shape index (κ1) is 16.3. The Balaban J connectivity index is 2.30. The lowest BCUT2D eigenvalue weighted by molar-refractivity contribution is -0.142. The first-order valence-corrected chi connectivity index (χ1v) is 7.71. The highest BCUT2D eigenvalue weighted by Gasteiger charge is 2.21. The van der Waals surface area contributed by atoms with Gasteiger partial charge in [-0.2, -0.15) is 4.68 Å². The molecule has 0 saturated heterocycles. The first-order chi connectivity index (χ1) is 10.6. The van der Waals surface area contributed by atoms with Crippen LogP contribution >= 0.6 is 11.8 Å². The summed E-state index contributed by atoms with van der Waals surface area (Å²) in [6, 6.07) is 5.73. The number of aryl methyl sites for hydroxylation is 1. The van der Waals surface area contributed by atoms with E-state index in [-0.39, 0.29) is 5.97 Å².